The van der Waals surface area contributed by atoms with Crippen molar-refractivity contribution in [2.24, 2.45) is 5.92 Å². The molecule has 1 heterocycles. The lowest BCUT2D eigenvalue weighted by molar-refractivity contribution is 0.276. The van der Waals surface area contributed by atoms with Gasteiger partial charge in [0, 0.05) is 6.42 Å². The molecule has 1 aromatic heterocycles. The highest BCUT2D eigenvalue weighted by Crippen LogP contribution is 2.25. The Bertz CT molecular complexity index is 518. The van der Waals surface area contributed by atoms with Crippen molar-refractivity contribution in [3.63, 3.8) is 0 Å². The first-order valence-electron chi connectivity index (χ1n) is 6.31. The molecule has 0 aromatic carbocycles. The van der Waals surface area contributed by atoms with Crippen LogP contribution in [0.1, 0.15) is 19.5 Å². The van der Waals surface area contributed by atoms with Gasteiger partial charge in [0.1, 0.15) is 11.6 Å². The molecule has 5 heteroatoms. The summed E-state index contributed by atoms with van der Waals surface area (Å²) >= 11 is 0. The minimum atomic E-state index is -0.395. The second-order valence-electron chi connectivity index (χ2n) is 4.56. The average molecular weight is 277 g/mol. The van der Waals surface area contributed by atoms with Crippen LogP contribution in [-0.2, 0) is 11.2 Å². The minimum Gasteiger partial charge on any atom is -0.494 e. The highest BCUT2D eigenvalue weighted by molar-refractivity contribution is 5.34. The highest BCUT2D eigenvalue weighted by atomic mass is 19.1. The Hall–Kier alpha value is -2.17. The molecule has 4 nitrogen and oxygen atoms in total. The standard InChI is InChI=1S/C15H20FN3O/c1-5-6-12(10(2)3)15(20-4)13(16)7-11-8-19-14(17)9-18-11/h5-6,8-10H,1,7H2,2-4H3,(H2,17,19)/b12-6-,15-13-. The van der Waals surface area contributed by atoms with Gasteiger partial charge in [-0.3, -0.25) is 4.98 Å². The number of halogens is 1. The van der Waals surface area contributed by atoms with Crippen molar-refractivity contribution in [1.29, 1.82) is 0 Å². The van der Waals surface area contributed by atoms with Crippen LogP contribution in [0.5, 0.6) is 0 Å². The molecule has 0 bridgehead atoms. The first kappa shape index (κ1) is 15.9. The number of methoxy groups -OCH3 is 1. The quantitative estimate of drug-likeness (QED) is 0.640. The topological polar surface area (TPSA) is 61.0 Å². The fourth-order valence-corrected chi connectivity index (χ4v) is 1.74. The van der Waals surface area contributed by atoms with E-state index in [0.29, 0.717) is 11.5 Å². The third-order valence-electron chi connectivity index (χ3n) is 2.69. The van der Waals surface area contributed by atoms with Crippen LogP contribution in [0.15, 0.2) is 48.3 Å². The zero-order valence-electron chi connectivity index (χ0n) is 12.1. The molecule has 0 spiro atoms. The Morgan fingerprint density at radius 1 is 1.45 bits per heavy atom. The zero-order chi connectivity index (χ0) is 15.1. The van der Waals surface area contributed by atoms with E-state index >= 15 is 0 Å². The molecule has 0 amide bonds. The van der Waals surface area contributed by atoms with Crippen LogP contribution in [0.25, 0.3) is 0 Å². The summed E-state index contributed by atoms with van der Waals surface area (Å²) in [5.41, 5.74) is 6.69. The first-order valence-corrected chi connectivity index (χ1v) is 6.31. The monoisotopic (exact) mass is 277 g/mol. The second kappa shape index (κ2) is 7.43. The number of anilines is 1. The Balaban J connectivity index is 3.08. The molecule has 0 aliphatic carbocycles. The molecule has 0 saturated heterocycles. The van der Waals surface area contributed by atoms with Gasteiger partial charge in [-0.25, -0.2) is 9.37 Å². The Morgan fingerprint density at radius 2 is 2.15 bits per heavy atom. The summed E-state index contributed by atoms with van der Waals surface area (Å²) in [4.78, 5) is 7.92. The van der Waals surface area contributed by atoms with Crippen LogP contribution in [0.3, 0.4) is 0 Å². The largest absolute Gasteiger partial charge is 0.494 e. The smallest absolute Gasteiger partial charge is 0.154 e. The van der Waals surface area contributed by atoms with Crippen molar-refractivity contribution < 1.29 is 9.13 Å². The van der Waals surface area contributed by atoms with Crippen LogP contribution < -0.4 is 5.73 Å². The van der Waals surface area contributed by atoms with Gasteiger partial charge >= 0.3 is 0 Å². The van der Waals surface area contributed by atoms with Gasteiger partial charge < -0.3 is 10.5 Å². The zero-order valence-corrected chi connectivity index (χ0v) is 12.1. The van der Waals surface area contributed by atoms with E-state index in [1.165, 1.54) is 19.5 Å². The minimum absolute atomic E-state index is 0.0116. The van der Waals surface area contributed by atoms with Gasteiger partial charge in [-0.05, 0) is 11.5 Å². The molecule has 0 saturated carbocycles. The molecular formula is C15H20FN3O. The van der Waals surface area contributed by atoms with Crippen molar-refractivity contribution in [1.82, 2.24) is 9.97 Å². The van der Waals surface area contributed by atoms with Crippen molar-refractivity contribution >= 4 is 5.82 Å². The molecule has 2 N–H and O–H groups in total. The predicted molar refractivity (Wildman–Crippen MR) is 78.4 cm³/mol. The number of allylic oxidation sites excluding steroid dienone is 4. The first-order chi connectivity index (χ1) is 9.49. The maximum Gasteiger partial charge on any atom is 0.154 e. The van der Waals surface area contributed by atoms with E-state index in [4.69, 9.17) is 10.5 Å². The molecule has 0 radical (unpaired) electrons. The van der Waals surface area contributed by atoms with Gasteiger partial charge in [-0.15, -0.1) is 0 Å². The summed E-state index contributed by atoms with van der Waals surface area (Å²) in [6, 6.07) is 0. The molecule has 0 aliphatic rings. The van der Waals surface area contributed by atoms with E-state index in [1.807, 2.05) is 13.8 Å². The van der Waals surface area contributed by atoms with Crippen LogP contribution in [0, 0.1) is 5.92 Å². The van der Waals surface area contributed by atoms with Crippen molar-refractivity contribution in [3.05, 3.63) is 54.0 Å². The number of nitrogen functional groups attached to an aromatic ring is 1. The molecule has 1 rings (SSSR count). The van der Waals surface area contributed by atoms with E-state index in [2.05, 4.69) is 16.5 Å². The van der Waals surface area contributed by atoms with Gasteiger partial charge in [0.05, 0.1) is 25.2 Å². The number of ether oxygens (including phenoxy) is 1. The lowest BCUT2D eigenvalue weighted by atomic mass is 9.99. The lowest BCUT2D eigenvalue weighted by Gasteiger charge is -2.15. The molecule has 108 valence electrons. The summed E-state index contributed by atoms with van der Waals surface area (Å²) in [6.45, 7) is 7.57. The van der Waals surface area contributed by atoms with Crippen molar-refractivity contribution in [2.75, 3.05) is 12.8 Å². The summed E-state index contributed by atoms with van der Waals surface area (Å²) in [7, 11) is 1.45. The summed E-state index contributed by atoms with van der Waals surface area (Å²) in [6.07, 6.45) is 6.23. The van der Waals surface area contributed by atoms with Gasteiger partial charge in [0.15, 0.2) is 5.76 Å². The SMILES string of the molecule is C=C/C=C(\C(OC)=C(\F)Cc1cnc(N)cn1)C(C)C. The summed E-state index contributed by atoms with van der Waals surface area (Å²) in [5.74, 6) is 0.248. The fraction of sp³-hybridized carbons (Fsp3) is 0.333. The van der Waals surface area contributed by atoms with Crippen LogP contribution >= 0.6 is 0 Å². The van der Waals surface area contributed by atoms with Crippen LogP contribution in [-0.4, -0.2) is 17.1 Å². The Morgan fingerprint density at radius 3 is 2.60 bits per heavy atom. The third-order valence-corrected chi connectivity index (χ3v) is 2.69. The van der Waals surface area contributed by atoms with Crippen LogP contribution in [0.4, 0.5) is 10.2 Å². The molecule has 0 aliphatic heterocycles. The normalized spacial score (nSPS) is 13.2. The van der Waals surface area contributed by atoms with E-state index in [9.17, 15) is 4.39 Å². The fourth-order valence-electron chi connectivity index (χ4n) is 1.74. The molecular weight excluding hydrogens is 257 g/mol. The molecule has 0 fully saturated rings. The van der Waals surface area contributed by atoms with Crippen molar-refractivity contribution in [2.45, 2.75) is 20.3 Å². The number of hydrogen-bond acceptors (Lipinski definition) is 4. The molecule has 0 atom stereocenters. The second-order valence-corrected chi connectivity index (χ2v) is 4.56. The van der Waals surface area contributed by atoms with E-state index in [0.717, 1.165) is 5.57 Å². The average Bonchev–Trinajstić information content (AvgIpc) is 2.41. The van der Waals surface area contributed by atoms with Gasteiger partial charge in [0.2, 0.25) is 0 Å². The van der Waals surface area contributed by atoms with E-state index in [-0.39, 0.29) is 18.1 Å². The van der Waals surface area contributed by atoms with Crippen molar-refractivity contribution in [3.8, 4) is 0 Å². The third kappa shape index (κ3) is 4.19. The van der Waals surface area contributed by atoms with E-state index in [1.54, 1.807) is 12.2 Å². The summed E-state index contributed by atoms with van der Waals surface area (Å²) in [5, 5.41) is 0. The molecule has 20 heavy (non-hydrogen) atoms. The number of nitrogens with two attached hydrogens (primary N) is 1. The van der Waals surface area contributed by atoms with Gasteiger partial charge in [-0.1, -0.05) is 32.6 Å². The lowest BCUT2D eigenvalue weighted by Crippen LogP contribution is -2.05. The number of aromatic nitrogens is 2. The van der Waals surface area contributed by atoms with Crippen LogP contribution in [0.2, 0.25) is 0 Å². The summed E-state index contributed by atoms with van der Waals surface area (Å²) < 4.78 is 19.6. The maximum atomic E-state index is 14.4. The number of hydrogen-bond donors (Lipinski definition) is 1. The number of nitrogens with zero attached hydrogens (tertiary/aromatic N) is 2. The molecule has 1 aromatic rings. The maximum absolute atomic E-state index is 14.4. The highest BCUT2D eigenvalue weighted by Gasteiger charge is 2.16. The predicted octanol–water partition coefficient (Wildman–Crippen LogP) is 3.20. The van der Waals surface area contributed by atoms with Gasteiger partial charge in [0.25, 0.3) is 0 Å². The number of rotatable bonds is 6. The Labute approximate surface area is 118 Å². The van der Waals surface area contributed by atoms with E-state index < -0.39 is 5.83 Å². The Kier molecular flexibility index (Phi) is 5.90. The molecule has 0 unspecified atom stereocenters. The van der Waals surface area contributed by atoms with Gasteiger partial charge in [-0.2, -0.15) is 0 Å².